The lowest BCUT2D eigenvalue weighted by Gasteiger charge is -2.24. The van der Waals surface area contributed by atoms with Crippen LogP contribution < -0.4 is 5.32 Å². The molecule has 0 aromatic heterocycles. The molecule has 0 fully saturated rings. The second-order valence-corrected chi connectivity index (χ2v) is 8.64. The predicted molar refractivity (Wildman–Crippen MR) is 129 cm³/mol. The largest absolute Gasteiger partial charge is 0.464 e. The Morgan fingerprint density at radius 1 is 0.750 bits per heavy atom. The summed E-state index contributed by atoms with van der Waals surface area (Å²) in [6.45, 7) is 6.22. The van der Waals surface area contributed by atoms with Gasteiger partial charge in [0, 0.05) is 20.8 Å². The quantitative estimate of drug-likeness (QED) is 0.138. The third kappa shape index (κ3) is 20.1. The fourth-order valence-electron chi connectivity index (χ4n) is 3.64. The second kappa shape index (κ2) is 21.0. The summed E-state index contributed by atoms with van der Waals surface area (Å²) >= 11 is 0. The molecule has 186 valence electrons. The molecule has 2 atom stereocenters. The van der Waals surface area contributed by atoms with Crippen molar-refractivity contribution in [2.75, 3.05) is 6.61 Å². The summed E-state index contributed by atoms with van der Waals surface area (Å²) in [4.78, 5) is 34.1. The van der Waals surface area contributed by atoms with Crippen LogP contribution in [0.25, 0.3) is 0 Å². The molecule has 0 unspecified atom stereocenters. The molecule has 6 heteroatoms. The summed E-state index contributed by atoms with van der Waals surface area (Å²) in [5.41, 5.74) is 0. The van der Waals surface area contributed by atoms with E-state index >= 15 is 0 Å². The maximum Gasteiger partial charge on any atom is 0.303 e. The van der Waals surface area contributed by atoms with Gasteiger partial charge in [-0.1, -0.05) is 90.0 Å². The molecule has 6 nitrogen and oxygen atoms in total. The Labute approximate surface area is 195 Å². The molecule has 1 amide bonds. The lowest BCUT2D eigenvalue weighted by Crippen LogP contribution is -2.46. The summed E-state index contributed by atoms with van der Waals surface area (Å²) in [6.07, 6.45) is 21.1. The van der Waals surface area contributed by atoms with E-state index in [4.69, 9.17) is 9.47 Å². The monoisotopic (exact) mass is 453 g/mol. The van der Waals surface area contributed by atoms with E-state index in [1.807, 2.05) is 6.08 Å². The number of nitrogens with one attached hydrogen (secondary N) is 1. The van der Waals surface area contributed by atoms with Crippen LogP contribution in [0.3, 0.4) is 0 Å². The first-order valence-electron chi connectivity index (χ1n) is 12.6. The van der Waals surface area contributed by atoms with Crippen molar-refractivity contribution < 1.29 is 23.9 Å². The van der Waals surface area contributed by atoms with Crippen LogP contribution in [0.2, 0.25) is 0 Å². The van der Waals surface area contributed by atoms with Crippen molar-refractivity contribution in [2.45, 2.75) is 130 Å². The van der Waals surface area contributed by atoms with E-state index in [0.717, 1.165) is 12.8 Å². The van der Waals surface area contributed by atoms with Crippen LogP contribution >= 0.6 is 0 Å². The van der Waals surface area contributed by atoms with Gasteiger partial charge in [0.25, 0.3) is 0 Å². The van der Waals surface area contributed by atoms with Gasteiger partial charge in [-0.15, -0.1) is 0 Å². The molecule has 0 aliphatic rings. The van der Waals surface area contributed by atoms with Crippen LogP contribution in [0.1, 0.15) is 118 Å². The van der Waals surface area contributed by atoms with Gasteiger partial charge in [-0.2, -0.15) is 0 Å². The van der Waals surface area contributed by atoms with Crippen LogP contribution in [0, 0.1) is 0 Å². The molecular weight excluding hydrogens is 406 g/mol. The minimum absolute atomic E-state index is 0.0457. The molecule has 1 N–H and O–H groups in total. The number of amides is 1. The topological polar surface area (TPSA) is 81.7 Å². The highest BCUT2D eigenvalue weighted by Gasteiger charge is 2.24. The summed E-state index contributed by atoms with van der Waals surface area (Å²) in [5, 5.41) is 2.70. The first-order valence-corrected chi connectivity index (χ1v) is 12.6. The average molecular weight is 454 g/mol. The fraction of sp³-hybridized carbons (Fsp3) is 0.808. The third-order valence-corrected chi connectivity index (χ3v) is 5.35. The molecule has 0 rings (SSSR count). The number of ether oxygens (including phenoxy) is 2. The van der Waals surface area contributed by atoms with Crippen molar-refractivity contribution in [1.82, 2.24) is 5.32 Å². The predicted octanol–water partition coefficient (Wildman–Crippen LogP) is 6.02. The fourth-order valence-corrected chi connectivity index (χ4v) is 3.64. The second-order valence-electron chi connectivity index (χ2n) is 8.64. The van der Waals surface area contributed by atoms with E-state index in [9.17, 15) is 14.4 Å². The SMILES string of the molecule is CCCCCCCCCCCCCCC/C=C/[C@@H](OC(C)=O)[C@@H](COC(C)=O)NC(C)=O. The number of carbonyl (C=O) groups is 3. The van der Waals surface area contributed by atoms with Crippen molar-refractivity contribution in [3.8, 4) is 0 Å². The maximum atomic E-state index is 11.5. The highest BCUT2D eigenvalue weighted by molar-refractivity contribution is 5.73. The molecule has 0 radical (unpaired) electrons. The standard InChI is InChI=1S/C26H47NO5/c1-5-6-7-8-9-10-11-12-13-14-15-16-17-18-19-20-26(32-24(4)30)25(27-22(2)28)21-31-23(3)29/h19-20,25-26H,5-18,21H2,1-4H3,(H,27,28)/b20-19+/t25-,26-/m1/s1. The summed E-state index contributed by atoms with van der Waals surface area (Å²) in [5.74, 6) is -1.17. The number of allylic oxidation sites excluding steroid dienone is 1. The number of carbonyl (C=O) groups excluding carboxylic acids is 3. The van der Waals surface area contributed by atoms with E-state index in [0.29, 0.717) is 0 Å². The van der Waals surface area contributed by atoms with Crippen molar-refractivity contribution in [3.05, 3.63) is 12.2 Å². The summed E-state index contributed by atoms with van der Waals surface area (Å²) in [7, 11) is 0. The lowest BCUT2D eigenvalue weighted by atomic mass is 10.0. The minimum Gasteiger partial charge on any atom is -0.464 e. The molecule has 0 aromatic rings. The van der Waals surface area contributed by atoms with Gasteiger partial charge in [-0.3, -0.25) is 14.4 Å². The number of unbranched alkanes of at least 4 members (excludes halogenated alkanes) is 13. The van der Waals surface area contributed by atoms with Crippen LogP contribution in [0.5, 0.6) is 0 Å². The molecule has 0 spiro atoms. The first-order chi connectivity index (χ1) is 15.4. The Morgan fingerprint density at radius 2 is 1.25 bits per heavy atom. The molecule has 0 heterocycles. The Morgan fingerprint density at radius 3 is 1.69 bits per heavy atom. The first kappa shape index (κ1) is 30.1. The number of rotatable bonds is 20. The van der Waals surface area contributed by atoms with Crippen molar-refractivity contribution in [2.24, 2.45) is 0 Å². The number of hydrogen-bond donors (Lipinski definition) is 1. The highest BCUT2D eigenvalue weighted by Crippen LogP contribution is 2.13. The van der Waals surface area contributed by atoms with Gasteiger partial charge in [0.15, 0.2) is 0 Å². The molecule has 0 saturated heterocycles. The normalized spacial score (nSPS) is 13.0. The van der Waals surface area contributed by atoms with E-state index in [2.05, 4.69) is 12.2 Å². The Balaban J connectivity index is 4.06. The highest BCUT2D eigenvalue weighted by atomic mass is 16.6. The average Bonchev–Trinajstić information content (AvgIpc) is 2.72. The zero-order valence-corrected chi connectivity index (χ0v) is 21.0. The minimum atomic E-state index is -0.669. The van der Waals surface area contributed by atoms with E-state index in [1.54, 1.807) is 6.08 Å². The molecular formula is C26H47NO5. The zero-order valence-electron chi connectivity index (χ0n) is 21.0. The molecule has 0 aliphatic heterocycles. The Hall–Kier alpha value is -1.85. The van der Waals surface area contributed by atoms with Crippen molar-refractivity contribution in [1.29, 1.82) is 0 Å². The Kier molecular flexibility index (Phi) is 19.8. The van der Waals surface area contributed by atoms with E-state index in [-0.39, 0.29) is 12.5 Å². The van der Waals surface area contributed by atoms with E-state index in [1.165, 1.54) is 97.8 Å². The van der Waals surface area contributed by atoms with Gasteiger partial charge < -0.3 is 14.8 Å². The molecule has 0 aromatic carbocycles. The van der Waals surface area contributed by atoms with Crippen LogP contribution in [-0.4, -0.2) is 36.6 Å². The molecule has 0 aliphatic carbocycles. The van der Waals surface area contributed by atoms with Gasteiger partial charge in [-0.05, 0) is 18.9 Å². The van der Waals surface area contributed by atoms with Crippen LogP contribution in [0.15, 0.2) is 12.2 Å². The number of hydrogen-bond acceptors (Lipinski definition) is 5. The molecule has 32 heavy (non-hydrogen) atoms. The van der Waals surface area contributed by atoms with Gasteiger partial charge in [0.05, 0.1) is 0 Å². The summed E-state index contributed by atoms with van der Waals surface area (Å²) < 4.78 is 10.4. The van der Waals surface area contributed by atoms with Crippen LogP contribution in [0.4, 0.5) is 0 Å². The van der Waals surface area contributed by atoms with Crippen LogP contribution in [-0.2, 0) is 23.9 Å². The molecule has 0 bridgehead atoms. The molecule has 0 saturated carbocycles. The van der Waals surface area contributed by atoms with Gasteiger partial charge in [0.1, 0.15) is 18.8 Å². The van der Waals surface area contributed by atoms with E-state index < -0.39 is 24.1 Å². The van der Waals surface area contributed by atoms with Gasteiger partial charge >= 0.3 is 11.9 Å². The van der Waals surface area contributed by atoms with Gasteiger partial charge in [0.2, 0.25) is 5.91 Å². The zero-order chi connectivity index (χ0) is 24.0. The Bertz CT molecular complexity index is 532. The number of esters is 2. The van der Waals surface area contributed by atoms with Gasteiger partial charge in [-0.25, -0.2) is 0 Å². The van der Waals surface area contributed by atoms with Crippen molar-refractivity contribution >= 4 is 17.8 Å². The smallest absolute Gasteiger partial charge is 0.303 e. The maximum absolute atomic E-state index is 11.5. The lowest BCUT2D eigenvalue weighted by molar-refractivity contribution is -0.149. The summed E-state index contributed by atoms with van der Waals surface area (Å²) in [6, 6.07) is -0.608. The van der Waals surface area contributed by atoms with Crippen molar-refractivity contribution in [3.63, 3.8) is 0 Å². The third-order valence-electron chi connectivity index (χ3n) is 5.35.